The molecule has 1 aliphatic heterocycles. The van der Waals surface area contributed by atoms with E-state index in [4.69, 9.17) is 17.0 Å². The van der Waals surface area contributed by atoms with Gasteiger partial charge in [0.05, 0.1) is 11.8 Å². The zero-order chi connectivity index (χ0) is 22.8. The molecule has 5 nitrogen and oxygen atoms in total. The summed E-state index contributed by atoms with van der Waals surface area (Å²) in [5.74, 6) is -0.357. The van der Waals surface area contributed by atoms with Crippen molar-refractivity contribution < 1.29 is 14.3 Å². The minimum absolute atomic E-state index is 0.00667. The lowest BCUT2D eigenvalue weighted by Crippen LogP contribution is -2.54. The summed E-state index contributed by atoms with van der Waals surface area (Å²) < 4.78 is 6.14. The molecule has 0 aliphatic carbocycles. The van der Waals surface area contributed by atoms with E-state index in [-0.39, 0.29) is 16.8 Å². The van der Waals surface area contributed by atoms with Crippen LogP contribution in [-0.4, -0.2) is 23.0 Å². The molecule has 1 aliphatic rings. The van der Waals surface area contributed by atoms with E-state index in [9.17, 15) is 9.59 Å². The van der Waals surface area contributed by atoms with Crippen molar-refractivity contribution >= 4 is 51.7 Å². The second-order valence-electron chi connectivity index (χ2n) is 7.78. The number of benzene rings is 3. The van der Waals surface area contributed by atoms with E-state index in [1.54, 1.807) is 6.08 Å². The van der Waals surface area contributed by atoms with Gasteiger partial charge in [-0.2, -0.15) is 0 Å². The lowest BCUT2D eigenvalue weighted by atomic mass is 9.99. The van der Waals surface area contributed by atoms with Gasteiger partial charge in [-0.05, 0) is 67.0 Å². The molecule has 6 heteroatoms. The predicted octanol–water partition coefficient (Wildman–Crippen LogP) is 5.16. The highest BCUT2D eigenvalue weighted by atomic mass is 32.1. The molecule has 1 heterocycles. The van der Waals surface area contributed by atoms with Crippen LogP contribution in [0.1, 0.15) is 31.4 Å². The third-order valence-corrected chi connectivity index (χ3v) is 5.87. The van der Waals surface area contributed by atoms with Crippen molar-refractivity contribution in [3.8, 4) is 5.75 Å². The van der Waals surface area contributed by atoms with Crippen LogP contribution < -0.4 is 15.0 Å². The van der Waals surface area contributed by atoms with E-state index in [2.05, 4.69) is 5.32 Å². The van der Waals surface area contributed by atoms with Crippen molar-refractivity contribution in [1.82, 2.24) is 5.32 Å². The normalized spacial score (nSPS) is 16.4. The maximum Gasteiger partial charge on any atom is 0.270 e. The molecule has 1 atom stereocenters. The van der Waals surface area contributed by atoms with E-state index in [1.807, 2.05) is 81.4 Å². The summed E-state index contributed by atoms with van der Waals surface area (Å²) in [5, 5.41) is 4.63. The van der Waals surface area contributed by atoms with Crippen LogP contribution in [0.4, 0.5) is 5.69 Å². The fourth-order valence-electron chi connectivity index (χ4n) is 3.66. The van der Waals surface area contributed by atoms with Crippen molar-refractivity contribution in [2.24, 2.45) is 0 Å². The van der Waals surface area contributed by atoms with Gasteiger partial charge in [0, 0.05) is 5.56 Å². The van der Waals surface area contributed by atoms with Crippen molar-refractivity contribution in [3.63, 3.8) is 0 Å². The number of carbonyl (C=O) groups excluding carboxylic acids is 2. The number of amides is 2. The van der Waals surface area contributed by atoms with E-state index >= 15 is 0 Å². The molecule has 32 heavy (non-hydrogen) atoms. The minimum atomic E-state index is -0.521. The number of anilines is 1. The van der Waals surface area contributed by atoms with Crippen LogP contribution in [0.3, 0.4) is 0 Å². The molecule has 1 fully saturated rings. The molecule has 0 saturated carbocycles. The Kier molecular flexibility index (Phi) is 6.06. The molecule has 3 aromatic rings. The van der Waals surface area contributed by atoms with Gasteiger partial charge in [-0.1, -0.05) is 55.5 Å². The Balaban J connectivity index is 1.87. The molecule has 0 spiro atoms. The van der Waals surface area contributed by atoms with Gasteiger partial charge in [0.1, 0.15) is 11.3 Å². The van der Waals surface area contributed by atoms with Gasteiger partial charge in [0.15, 0.2) is 5.11 Å². The highest BCUT2D eigenvalue weighted by Crippen LogP contribution is 2.33. The molecular formula is C26H24N2O3S. The summed E-state index contributed by atoms with van der Waals surface area (Å²) in [6, 6.07) is 19.1. The third kappa shape index (κ3) is 4.01. The van der Waals surface area contributed by atoms with Crippen LogP contribution in [0, 0.1) is 6.92 Å². The topological polar surface area (TPSA) is 58.6 Å². The number of nitrogens with one attached hydrogen (secondary N) is 1. The first-order valence-corrected chi connectivity index (χ1v) is 11.0. The molecule has 4 rings (SSSR count). The Morgan fingerprint density at radius 1 is 1.06 bits per heavy atom. The van der Waals surface area contributed by atoms with Gasteiger partial charge < -0.3 is 4.74 Å². The molecule has 0 unspecified atom stereocenters. The number of nitrogens with zero attached hydrogens (tertiary/aromatic N) is 1. The van der Waals surface area contributed by atoms with Crippen LogP contribution in [0.25, 0.3) is 16.8 Å². The first kappa shape index (κ1) is 21.7. The zero-order valence-corrected chi connectivity index (χ0v) is 19.0. The standard InChI is InChI=1S/C26H24N2O3S/c1-4-17(3)31-23-14-13-18-10-6-7-11-19(18)20(23)15-21-24(29)27-26(32)28(25(21)30)22-12-8-5-9-16(22)2/h5-15,17H,4H2,1-3H3,(H,27,29,32)/b21-15+/t17-/m1/s1. The van der Waals surface area contributed by atoms with Crippen LogP contribution in [-0.2, 0) is 9.59 Å². The molecule has 162 valence electrons. The Morgan fingerprint density at radius 2 is 1.78 bits per heavy atom. The molecule has 0 aromatic heterocycles. The second kappa shape index (κ2) is 8.93. The number of thiocarbonyl (C=S) groups is 1. The monoisotopic (exact) mass is 444 g/mol. The van der Waals surface area contributed by atoms with Gasteiger partial charge >= 0.3 is 0 Å². The summed E-state index contributed by atoms with van der Waals surface area (Å²) in [6.45, 7) is 5.93. The minimum Gasteiger partial charge on any atom is -0.490 e. The van der Waals surface area contributed by atoms with Crippen molar-refractivity contribution in [1.29, 1.82) is 0 Å². The number of ether oxygens (including phenoxy) is 1. The van der Waals surface area contributed by atoms with Gasteiger partial charge in [-0.25, -0.2) is 0 Å². The van der Waals surface area contributed by atoms with Crippen LogP contribution in [0.15, 0.2) is 66.2 Å². The van der Waals surface area contributed by atoms with Crippen molar-refractivity contribution in [2.45, 2.75) is 33.3 Å². The van der Waals surface area contributed by atoms with Crippen molar-refractivity contribution in [2.75, 3.05) is 4.90 Å². The number of para-hydroxylation sites is 1. The number of fused-ring (bicyclic) bond motifs is 1. The quantitative estimate of drug-likeness (QED) is 0.336. The SMILES string of the molecule is CC[C@@H](C)Oc1ccc2ccccc2c1/C=C1\C(=O)NC(=S)N(c2ccccc2C)C1=O. The Hall–Kier alpha value is -3.51. The predicted molar refractivity (Wildman–Crippen MR) is 132 cm³/mol. The van der Waals surface area contributed by atoms with Gasteiger partial charge in [-0.15, -0.1) is 0 Å². The number of hydrogen-bond donors (Lipinski definition) is 1. The molecule has 1 saturated heterocycles. The number of carbonyl (C=O) groups is 2. The molecule has 1 N–H and O–H groups in total. The smallest absolute Gasteiger partial charge is 0.270 e. The first-order valence-electron chi connectivity index (χ1n) is 10.6. The Morgan fingerprint density at radius 3 is 2.53 bits per heavy atom. The molecule has 3 aromatic carbocycles. The summed E-state index contributed by atoms with van der Waals surface area (Å²) in [5.41, 5.74) is 2.22. The largest absolute Gasteiger partial charge is 0.490 e. The van der Waals surface area contributed by atoms with E-state index in [1.165, 1.54) is 4.90 Å². The van der Waals surface area contributed by atoms with Crippen LogP contribution in [0.5, 0.6) is 5.75 Å². The van der Waals surface area contributed by atoms with E-state index < -0.39 is 11.8 Å². The first-order chi connectivity index (χ1) is 15.4. The molecule has 0 radical (unpaired) electrons. The average molecular weight is 445 g/mol. The highest BCUT2D eigenvalue weighted by molar-refractivity contribution is 7.80. The van der Waals surface area contributed by atoms with Gasteiger partial charge in [-0.3, -0.25) is 19.8 Å². The summed E-state index contributed by atoms with van der Waals surface area (Å²) in [4.78, 5) is 27.7. The highest BCUT2D eigenvalue weighted by Gasteiger charge is 2.35. The summed E-state index contributed by atoms with van der Waals surface area (Å²) in [6.07, 6.45) is 2.43. The Labute approximate surface area is 192 Å². The summed E-state index contributed by atoms with van der Waals surface area (Å²) >= 11 is 5.34. The third-order valence-electron chi connectivity index (χ3n) is 5.58. The number of rotatable bonds is 5. The lowest BCUT2D eigenvalue weighted by Gasteiger charge is -2.30. The average Bonchev–Trinajstić information content (AvgIpc) is 2.78. The van der Waals surface area contributed by atoms with E-state index in [0.717, 1.165) is 22.8 Å². The van der Waals surface area contributed by atoms with Gasteiger partial charge in [0.25, 0.3) is 11.8 Å². The lowest BCUT2D eigenvalue weighted by molar-refractivity contribution is -0.122. The molecular weight excluding hydrogens is 420 g/mol. The maximum absolute atomic E-state index is 13.5. The van der Waals surface area contributed by atoms with Crippen LogP contribution >= 0.6 is 12.2 Å². The van der Waals surface area contributed by atoms with E-state index in [0.29, 0.717) is 17.0 Å². The maximum atomic E-state index is 13.5. The fraction of sp³-hybridized carbons (Fsp3) is 0.192. The van der Waals surface area contributed by atoms with Gasteiger partial charge in [0.2, 0.25) is 0 Å². The number of aryl methyl sites for hydroxylation is 1. The molecule has 2 amide bonds. The number of hydrogen-bond acceptors (Lipinski definition) is 4. The summed E-state index contributed by atoms with van der Waals surface area (Å²) in [7, 11) is 0. The van der Waals surface area contributed by atoms with Crippen molar-refractivity contribution in [3.05, 3.63) is 77.4 Å². The van der Waals surface area contributed by atoms with Crippen LogP contribution in [0.2, 0.25) is 0 Å². The Bertz CT molecular complexity index is 1260. The molecule has 0 bridgehead atoms. The zero-order valence-electron chi connectivity index (χ0n) is 18.2. The second-order valence-corrected chi connectivity index (χ2v) is 8.17. The fourth-order valence-corrected chi connectivity index (χ4v) is 3.94.